The van der Waals surface area contributed by atoms with E-state index in [9.17, 15) is 0 Å². The molecule has 0 saturated heterocycles. The molecule has 0 saturated carbocycles. The van der Waals surface area contributed by atoms with Gasteiger partial charge in [-0.2, -0.15) is 0 Å². The predicted octanol–water partition coefficient (Wildman–Crippen LogP) is 6.46. The number of halogens is 2. The second kappa shape index (κ2) is 8.41. The van der Waals surface area contributed by atoms with Crippen molar-refractivity contribution in [3.8, 4) is 11.1 Å². The molecule has 0 aliphatic rings. The highest BCUT2D eigenvalue weighted by Crippen LogP contribution is 2.36. The summed E-state index contributed by atoms with van der Waals surface area (Å²) >= 11 is 6.21. The molecule has 0 aliphatic heterocycles. The minimum absolute atomic E-state index is 0. The highest BCUT2D eigenvalue weighted by molar-refractivity contribution is 6.31. The summed E-state index contributed by atoms with van der Waals surface area (Å²) in [5.74, 6) is 0.930. The number of benzene rings is 3. The molecule has 0 unspecified atom stereocenters. The van der Waals surface area contributed by atoms with Crippen molar-refractivity contribution in [3.05, 3.63) is 95.2 Å². The third-order valence-electron chi connectivity index (χ3n) is 4.24. The zero-order valence-electron chi connectivity index (χ0n) is 14.1. The average Bonchev–Trinajstić information content (AvgIpc) is 3.01. The van der Waals surface area contributed by atoms with E-state index in [1.807, 2.05) is 42.5 Å². The zero-order valence-corrected chi connectivity index (χ0v) is 15.7. The first-order valence-corrected chi connectivity index (χ1v) is 8.70. The van der Waals surface area contributed by atoms with Crippen molar-refractivity contribution in [2.24, 2.45) is 0 Å². The molecule has 0 amide bonds. The van der Waals surface area contributed by atoms with Gasteiger partial charge in [-0.3, -0.25) is 0 Å². The smallest absolute Gasteiger partial charge is 0.135 e. The Morgan fingerprint density at radius 2 is 1.50 bits per heavy atom. The maximum absolute atomic E-state index is 6.21. The summed E-state index contributed by atoms with van der Waals surface area (Å²) in [5.41, 5.74) is 4.36. The first kappa shape index (κ1) is 18.5. The Hall–Kier alpha value is -2.26. The maximum Gasteiger partial charge on any atom is 0.135 e. The van der Waals surface area contributed by atoms with Gasteiger partial charge in [0.15, 0.2) is 0 Å². The Bertz CT molecular complexity index is 981. The number of furan rings is 1. The van der Waals surface area contributed by atoms with Crippen LogP contribution >= 0.6 is 24.0 Å². The molecule has 1 N–H and O–H groups in total. The normalized spacial score (nSPS) is 10.7. The molecule has 0 bridgehead atoms. The van der Waals surface area contributed by atoms with Gasteiger partial charge in [0, 0.05) is 22.5 Å². The third kappa shape index (κ3) is 3.94. The molecule has 132 valence electrons. The summed E-state index contributed by atoms with van der Waals surface area (Å²) in [4.78, 5) is 0. The minimum atomic E-state index is 0. The van der Waals surface area contributed by atoms with Crippen LogP contribution in [-0.2, 0) is 13.1 Å². The fraction of sp³-hybridized carbons (Fsp3) is 0.0909. The lowest BCUT2D eigenvalue weighted by Crippen LogP contribution is -2.12. The molecule has 1 heterocycles. The van der Waals surface area contributed by atoms with Gasteiger partial charge in [0.1, 0.15) is 11.3 Å². The number of hydrogen-bond donors (Lipinski definition) is 1. The first-order chi connectivity index (χ1) is 12.3. The van der Waals surface area contributed by atoms with Crippen molar-refractivity contribution >= 4 is 35.0 Å². The van der Waals surface area contributed by atoms with Gasteiger partial charge in [0.2, 0.25) is 0 Å². The maximum atomic E-state index is 6.21. The summed E-state index contributed by atoms with van der Waals surface area (Å²) < 4.78 is 6.13. The van der Waals surface area contributed by atoms with E-state index in [0.717, 1.165) is 34.4 Å². The van der Waals surface area contributed by atoms with E-state index >= 15 is 0 Å². The first-order valence-electron chi connectivity index (χ1n) is 8.32. The van der Waals surface area contributed by atoms with Crippen molar-refractivity contribution in [2.45, 2.75) is 13.1 Å². The standard InChI is InChI=1S/C22H18ClNO.ClH/c23-18-11-12-20-19(13-18)22(17-9-5-2-6-10-17)21(25-20)15-24-14-16-7-3-1-4-8-16;/h1-13,24H,14-15H2;1H. The van der Waals surface area contributed by atoms with Crippen LogP contribution in [-0.4, -0.2) is 0 Å². The molecule has 1 aromatic heterocycles. The Balaban J connectivity index is 0.00000196. The molecule has 3 aromatic carbocycles. The van der Waals surface area contributed by atoms with Crippen molar-refractivity contribution in [1.29, 1.82) is 0 Å². The molecule has 0 fully saturated rings. The Labute approximate surface area is 164 Å². The van der Waals surface area contributed by atoms with E-state index in [4.69, 9.17) is 16.0 Å². The molecule has 4 heteroatoms. The van der Waals surface area contributed by atoms with Crippen molar-refractivity contribution in [2.75, 3.05) is 0 Å². The molecule has 0 spiro atoms. The number of hydrogen-bond acceptors (Lipinski definition) is 2. The van der Waals surface area contributed by atoms with Crippen LogP contribution < -0.4 is 5.32 Å². The third-order valence-corrected chi connectivity index (χ3v) is 4.48. The summed E-state index contributed by atoms with van der Waals surface area (Å²) in [7, 11) is 0. The van der Waals surface area contributed by atoms with Gasteiger partial charge in [-0.25, -0.2) is 0 Å². The fourth-order valence-corrected chi connectivity index (χ4v) is 3.25. The number of rotatable bonds is 5. The zero-order chi connectivity index (χ0) is 17.1. The second-order valence-corrected chi connectivity index (χ2v) is 6.43. The van der Waals surface area contributed by atoms with Gasteiger partial charge < -0.3 is 9.73 Å². The van der Waals surface area contributed by atoms with Crippen LogP contribution in [0.15, 0.2) is 83.3 Å². The highest BCUT2D eigenvalue weighted by atomic mass is 35.5. The molecule has 0 radical (unpaired) electrons. The van der Waals surface area contributed by atoms with Gasteiger partial charge in [0.05, 0.1) is 6.54 Å². The predicted molar refractivity (Wildman–Crippen MR) is 111 cm³/mol. The van der Waals surface area contributed by atoms with Gasteiger partial charge in [-0.15, -0.1) is 12.4 Å². The molecule has 4 aromatic rings. The molecule has 26 heavy (non-hydrogen) atoms. The molecule has 0 atom stereocenters. The van der Waals surface area contributed by atoms with E-state index in [-0.39, 0.29) is 12.4 Å². The largest absolute Gasteiger partial charge is 0.459 e. The van der Waals surface area contributed by atoms with Crippen molar-refractivity contribution < 1.29 is 4.42 Å². The Morgan fingerprint density at radius 1 is 0.808 bits per heavy atom. The monoisotopic (exact) mass is 383 g/mol. The van der Waals surface area contributed by atoms with Crippen LogP contribution in [0.4, 0.5) is 0 Å². The van der Waals surface area contributed by atoms with Crippen LogP contribution in [0.3, 0.4) is 0 Å². The van der Waals surface area contributed by atoms with Crippen LogP contribution in [0, 0.1) is 0 Å². The Kier molecular flexibility index (Phi) is 6.00. The lowest BCUT2D eigenvalue weighted by Gasteiger charge is -2.06. The van der Waals surface area contributed by atoms with Gasteiger partial charge >= 0.3 is 0 Å². The number of nitrogens with one attached hydrogen (secondary N) is 1. The number of fused-ring (bicyclic) bond motifs is 1. The van der Waals surface area contributed by atoms with E-state index in [1.165, 1.54) is 5.56 Å². The topological polar surface area (TPSA) is 25.2 Å². The minimum Gasteiger partial charge on any atom is -0.459 e. The summed E-state index contributed by atoms with van der Waals surface area (Å²) in [5, 5.41) is 5.25. The van der Waals surface area contributed by atoms with Gasteiger partial charge in [0.25, 0.3) is 0 Å². The van der Waals surface area contributed by atoms with Crippen LogP contribution in [0.5, 0.6) is 0 Å². The van der Waals surface area contributed by atoms with E-state index < -0.39 is 0 Å². The molecular formula is C22H19Cl2NO. The van der Waals surface area contributed by atoms with Crippen molar-refractivity contribution in [1.82, 2.24) is 5.32 Å². The SMILES string of the molecule is Cl.Clc1ccc2oc(CNCc3ccccc3)c(-c3ccccc3)c2c1. The quantitative estimate of drug-likeness (QED) is 0.427. The fourth-order valence-electron chi connectivity index (χ4n) is 3.08. The lowest BCUT2D eigenvalue weighted by atomic mass is 10.0. The highest BCUT2D eigenvalue weighted by Gasteiger charge is 2.16. The molecule has 0 aliphatic carbocycles. The van der Waals surface area contributed by atoms with Gasteiger partial charge in [-0.1, -0.05) is 72.3 Å². The van der Waals surface area contributed by atoms with Gasteiger partial charge in [-0.05, 0) is 29.3 Å². The van der Waals surface area contributed by atoms with Crippen LogP contribution in [0.25, 0.3) is 22.1 Å². The van der Waals surface area contributed by atoms with Crippen molar-refractivity contribution in [3.63, 3.8) is 0 Å². The van der Waals surface area contributed by atoms with Crippen LogP contribution in [0.2, 0.25) is 5.02 Å². The summed E-state index contributed by atoms with van der Waals surface area (Å²) in [6, 6.07) is 26.4. The van der Waals surface area contributed by atoms with E-state index in [0.29, 0.717) is 11.6 Å². The average molecular weight is 384 g/mol. The molecular weight excluding hydrogens is 365 g/mol. The molecule has 2 nitrogen and oxygen atoms in total. The van der Waals surface area contributed by atoms with Crippen LogP contribution in [0.1, 0.15) is 11.3 Å². The van der Waals surface area contributed by atoms with E-state index in [2.05, 4.69) is 41.7 Å². The molecule has 4 rings (SSSR count). The Morgan fingerprint density at radius 3 is 2.23 bits per heavy atom. The second-order valence-electron chi connectivity index (χ2n) is 6.00. The lowest BCUT2D eigenvalue weighted by molar-refractivity contribution is 0.515. The van der Waals surface area contributed by atoms with E-state index in [1.54, 1.807) is 0 Å². The summed E-state index contributed by atoms with van der Waals surface area (Å²) in [6.07, 6.45) is 0. The summed E-state index contributed by atoms with van der Waals surface area (Å²) in [6.45, 7) is 1.46.